The van der Waals surface area contributed by atoms with Gasteiger partial charge >= 0.3 is 12.1 Å². The first-order valence-electron chi connectivity index (χ1n) is 12.5. The molecule has 11 nitrogen and oxygen atoms in total. The molecule has 0 aliphatic carbocycles. The summed E-state index contributed by atoms with van der Waals surface area (Å²) in [5, 5.41) is 13.4. The van der Waals surface area contributed by atoms with Crippen molar-refractivity contribution in [3.05, 3.63) is 114 Å². The van der Waals surface area contributed by atoms with Gasteiger partial charge in [-0.15, -0.1) is 0 Å². The third-order valence-corrected chi connectivity index (χ3v) is 6.13. The van der Waals surface area contributed by atoms with Crippen molar-refractivity contribution in [2.75, 3.05) is 14.2 Å². The Bertz CT molecular complexity index is 1900. The molecule has 2 aromatic carbocycles. The number of nitriles is 1. The van der Waals surface area contributed by atoms with Crippen LogP contribution in [0, 0.1) is 11.3 Å². The molecule has 1 N–H and O–H groups in total. The Balaban J connectivity index is 1.76. The molecule has 4 rings (SSSR count). The number of benzene rings is 2. The molecular weight excluding hydrogens is 607 g/mol. The van der Waals surface area contributed by atoms with Crippen LogP contribution in [0.2, 0.25) is 5.02 Å². The van der Waals surface area contributed by atoms with E-state index in [1.165, 1.54) is 25.3 Å². The number of carbonyl (C=O) groups is 1. The lowest BCUT2D eigenvalue weighted by Gasteiger charge is -2.14. The molecule has 0 aliphatic heterocycles. The Hall–Kier alpha value is -5.42. The molecule has 2 heterocycles. The number of methoxy groups -OCH3 is 2. The average Bonchev–Trinajstić information content (AvgIpc) is 2.98. The number of esters is 1. The summed E-state index contributed by atoms with van der Waals surface area (Å²) in [7, 11) is 2.64. The summed E-state index contributed by atoms with van der Waals surface area (Å²) in [5.74, 6) is -2.06. The number of aromatic nitrogens is 4. The first kappa shape index (κ1) is 31.5. The lowest BCUT2D eigenvalue weighted by atomic mass is 10.1. The van der Waals surface area contributed by atoms with Gasteiger partial charge in [-0.25, -0.2) is 14.5 Å². The molecule has 2 aromatic heterocycles. The number of hydrogen-bond donors (Lipinski definition) is 1. The highest BCUT2D eigenvalue weighted by Gasteiger charge is 2.39. The third-order valence-electron chi connectivity index (χ3n) is 5.91. The van der Waals surface area contributed by atoms with Gasteiger partial charge < -0.3 is 19.2 Å². The van der Waals surface area contributed by atoms with Gasteiger partial charge in [0.2, 0.25) is 5.75 Å². The molecule has 0 amide bonds. The molecule has 0 fully saturated rings. The second kappa shape index (κ2) is 13.3. The van der Waals surface area contributed by atoms with E-state index in [1.54, 1.807) is 30.3 Å². The molecule has 0 unspecified atom stereocenters. The van der Waals surface area contributed by atoms with E-state index in [0.717, 1.165) is 30.0 Å². The molecule has 15 heteroatoms. The second-order valence-electron chi connectivity index (χ2n) is 9.01. The minimum Gasteiger partial charge on any atom is -0.497 e. The molecule has 4 aromatic rings. The van der Waals surface area contributed by atoms with Gasteiger partial charge in [-0.05, 0) is 48.0 Å². The van der Waals surface area contributed by atoms with Gasteiger partial charge in [0.1, 0.15) is 17.3 Å². The van der Waals surface area contributed by atoms with Crippen LogP contribution in [0.3, 0.4) is 0 Å². The molecular formula is C29H21ClF3N5O6. The van der Waals surface area contributed by atoms with Crippen LogP contribution >= 0.6 is 11.6 Å². The molecule has 44 heavy (non-hydrogen) atoms. The smallest absolute Gasteiger partial charge is 0.437 e. The van der Waals surface area contributed by atoms with Crippen LogP contribution in [0.4, 0.5) is 13.2 Å². The minimum atomic E-state index is -5.12. The van der Waals surface area contributed by atoms with Crippen molar-refractivity contribution in [3.8, 4) is 23.3 Å². The standard InChI is InChI=1S/C29H21ClF3N5O6/c1-42-21-6-3-16(4-7-21)15-38-28(41)18(5-8-24(39)43-2)11-20(37-38)13-23-35-26(29(31,32)33)25(27(40)36-23)44-22-10-17(14-34)9-19(30)12-22/h3-12H,13,15H2,1-2H3,(H,35,36,40)/b8-5+. The number of nitrogens with one attached hydrogen (secondary N) is 1. The number of hydrogen-bond acceptors (Lipinski definition) is 9. The molecule has 0 spiro atoms. The summed E-state index contributed by atoms with van der Waals surface area (Å²) in [6.45, 7) is -0.0371. The number of H-pyrrole nitrogens is 1. The normalized spacial score (nSPS) is 11.3. The van der Waals surface area contributed by atoms with Gasteiger partial charge in [-0.2, -0.15) is 23.5 Å². The fourth-order valence-corrected chi connectivity index (χ4v) is 4.14. The molecule has 0 saturated carbocycles. The van der Waals surface area contributed by atoms with Crippen molar-refractivity contribution in [1.29, 1.82) is 5.26 Å². The van der Waals surface area contributed by atoms with E-state index >= 15 is 0 Å². The molecule has 0 aliphatic rings. The highest BCUT2D eigenvalue weighted by Crippen LogP contribution is 2.35. The monoisotopic (exact) mass is 627 g/mol. The van der Waals surface area contributed by atoms with Crippen molar-refractivity contribution in [3.63, 3.8) is 0 Å². The van der Waals surface area contributed by atoms with Crippen LogP contribution in [-0.2, 0) is 28.7 Å². The number of alkyl halides is 3. The lowest BCUT2D eigenvalue weighted by molar-refractivity contribution is -0.142. The first-order valence-corrected chi connectivity index (χ1v) is 12.9. The van der Waals surface area contributed by atoms with Crippen molar-refractivity contribution in [1.82, 2.24) is 19.7 Å². The van der Waals surface area contributed by atoms with E-state index < -0.39 is 47.0 Å². The largest absolute Gasteiger partial charge is 0.497 e. The number of ether oxygens (including phenoxy) is 3. The van der Waals surface area contributed by atoms with Gasteiger partial charge in [0.05, 0.1) is 38.1 Å². The summed E-state index contributed by atoms with van der Waals surface area (Å²) < 4.78 is 58.2. The zero-order valence-electron chi connectivity index (χ0n) is 22.9. The third kappa shape index (κ3) is 7.69. The summed E-state index contributed by atoms with van der Waals surface area (Å²) in [6, 6.07) is 13.3. The van der Waals surface area contributed by atoms with Crippen LogP contribution in [-0.4, -0.2) is 39.9 Å². The molecule has 226 valence electrons. The summed E-state index contributed by atoms with van der Waals surface area (Å²) >= 11 is 5.91. The van der Waals surface area contributed by atoms with Gasteiger partial charge in [-0.3, -0.25) is 9.59 Å². The zero-order valence-corrected chi connectivity index (χ0v) is 23.7. The fraction of sp³-hybridized carbons (Fsp3) is 0.172. The quantitative estimate of drug-likeness (QED) is 0.209. The SMILES string of the molecule is COC(=O)/C=C/c1cc(Cc2nc(C(F)(F)F)c(Oc3cc(Cl)cc(C#N)c3)c(=O)[nH]2)nn(Cc2ccc(OC)cc2)c1=O. The van der Waals surface area contributed by atoms with Crippen molar-refractivity contribution < 1.29 is 32.2 Å². The van der Waals surface area contributed by atoms with Crippen molar-refractivity contribution in [2.45, 2.75) is 19.1 Å². The maximum Gasteiger partial charge on any atom is 0.437 e. The Kier molecular flexibility index (Phi) is 9.50. The van der Waals surface area contributed by atoms with E-state index in [4.69, 9.17) is 26.3 Å². The first-order chi connectivity index (χ1) is 20.9. The van der Waals surface area contributed by atoms with E-state index in [-0.39, 0.29) is 34.1 Å². The lowest BCUT2D eigenvalue weighted by Crippen LogP contribution is -2.27. The number of aromatic amines is 1. The maximum atomic E-state index is 14.1. The summed E-state index contributed by atoms with van der Waals surface area (Å²) in [5.41, 5.74) is -2.85. The van der Waals surface area contributed by atoms with E-state index in [2.05, 4.69) is 19.8 Å². The van der Waals surface area contributed by atoms with Gasteiger partial charge in [-0.1, -0.05) is 23.7 Å². The Morgan fingerprint density at radius 1 is 1.11 bits per heavy atom. The van der Waals surface area contributed by atoms with Gasteiger partial charge in [0.15, 0.2) is 5.69 Å². The highest BCUT2D eigenvalue weighted by molar-refractivity contribution is 6.30. The predicted molar refractivity (Wildman–Crippen MR) is 151 cm³/mol. The number of halogens is 4. The van der Waals surface area contributed by atoms with E-state index in [0.29, 0.717) is 11.3 Å². The Labute approximate surface area is 251 Å². The zero-order chi connectivity index (χ0) is 32.0. The minimum absolute atomic E-state index is 0.00140. The number of rotatable bonds is 9. The summed E-state index contributed by atoms with van der Waals surface area (Å²) in [4.78, 5) is 43.5. The van der Waals surface area contributed by atoms with Crippen LogP contribution < -0.4 is 20.6 Å². The van der Waals surface area contributed by atoms with Crippen LogP contribution in [0.25, 0.3) is 6.08 Å². The van der Waals surface area contributed by atoms with Crippen LogP contribution in [0.5, 0.6) is 17.2 Å². The van der Waals surface area contributed by atoms with Gasteiger partial charge in [0, 0.05) is 23.1 Å². The Morgan fingerprint density at radius 3 is 2.48 bits per heavy atom. The van der Waals surface area contributed by atoms with Gasteiger partial charge in [0.25, 0.3) is 11.1 Å². The topological polar surface area (TPSA) is 149 Å². The second-order valence-corrected chi connectivity index (χ2v) is 9.45. The Morgan fingerprint density at radius 2 is 1.84 bits per heavy atom. The number of carbonyl (C=O) groups excluding carboxylic acids is 1. The maximum absolute atomic E-state index is 14.1. The summed E-state index contributed by atoms with van der Waals surface area (Å²) in [6.07, 6.45) is -3.39. The predicted octanol–water partition coefficient (Wildman–Crippen LogP) is 4.50. The van der Waals surface area contributed by atoms with Crippen LogP contribution in [0.15, 0.2) is 64.2 Å². The van der Waals surface area contributed by atoms with E-state index in [9.17, 15) is 27.6 Å². The van der Waals surface area contributed by atoms with Crippen LogP contribution in [0.1, 0.15) is 33.9 Å². The fourth-order valence-electron chi connectivity index (χ4n) is 3.92. The average molecular weight is 628 g/mol. The van der Waals surface area contributed by atoms with Crippen molar-refractivity contribution in [2.24, 2.45) is 0 Å². The molecule has 0 saturated heterocycles. The molecule has 0 radical (unpaired) electrons. The van der Waals surface area contributed by atoms with E-state index in [1.807, 2.05) is 0 Å². The number of nitrogens with zero attached hydrogens (tertiary/aromatic N) is 4. The highest BCUT2D eigenvalue weighted by atomic mass is 35.5. The van der Waals surface area contributed by atoms with Crippen molar-refractivity contribution >= 4 is 23.6 Å². The molecule has 0 atom stereocenters. The molecule has 0 bridgehead atoms.